The first-order valence-electron chi connectivity index (χ1n) is 5.48. The van der Waals surface area contributed by atoms with Crippen molar-refractivity contribution in [2.45, 2.75) is 26.3 Å². The number of fused-ring (bicyclic) bond motifs is 1. The van der Waals surface area contributed by atoms with Gasteiger partial charge in [-0.3, -0.25) is 4.98 Å². The van der Waals surface area contributed by atoms with E-state index in [0.717, 1.165) is 28.6 Å². The first kappa shape index (κ1) is 12.6. The molecule has 2 nitrogen and oxygen atoms in total. The first-order valence-corrected chi connectivity index (χ1v) is 6.24. The standard InChI is InChI=1S/C13H14Cl2N2/c1-7(16)3-9-5-10(14)6-11-12(15)4-8(2)17-13(9)11/h4-7H,3,16H2,1-2H3. The summed E-state index contributed by atoms with van der Waals surface area (Å²) in [4.78, 5) is 4.53. The maximum absolute atomic E-state index is 6.21. The molecule has 1 atom stereocenters. The number of halogens is 2. The largest absolute Gasteiger partial charge is 0.328 e. The molecule has 17 heavy (non-hydrogen) atoms. The van der Waals surface area contributed by atoms with Gasteiger partial charge in [0.15, 0.2) is 0 Å². The Bertz CT molecular complexity index is 565. The Morgan fingerprint density at radius 3 is 2.65 bits per heavy atom. The number of aryl methyl sites for hydroxylation is 1. The second kappa shape index (κ2) is 4.81. The van der Waals surface area contributed by atoms with Crippen LogP contribution in [-0.2, 0) is 6.42 Å². The van der Waals surface area contributed by atoms with Gasteiger partial charge < -0.3 is 5.73 Å². The second-order valence-electron chi connectivity index (χ2n) is 4.39. The van der Waals surface area contributed by atoms with Crippen LogP contribution in [0.1, 0.15) is 18.2 Å². The normalized spacial score (nSPS) is 13.0. The lowest BCUT2D eigenvalue weighted by Gasteiger charge is -2.11. The molecule has 1 aromatic carbocycles. The molecular formula is C13H14Cl2N2. The molecule has 0 fully saturated rings. The lowest BCUT2D eigenvalue weighted by Crippen LogP contribution is -2.18. The van der Waals surface area contributed by atoms with Crippen molar-refractivity contribution in [1.82, 2.24) is 4.98 Å². The summed E-state index contributed by atoms with van der Waals surface area (Å²) >= 11 is 12.3. The van der Waals surface area contributed by atoms with Gasteiger partial charge in [-0.05, 0) is 44.0 Å². The summed E-state index contributed by atoms with van der Waals surface area (Å²) in [5.41, 5.74) is 8.69. The van der Waals surface area contributed by atoms with Gasteiger partial charge in [-0.25, -0.2) is 0 Å². The number of hydrogen-bond donors (Lipinski definition) is 1. The van der Waals surface area contributed by atoms with Gasteiger partial charge in [0.05, 0.1) is 10.5 Å². The highest BCUT2D eigenvalue weighted by molar-refractivity contribution is 6.36. The molecule has 0 saturated heterocycles. The van der Waals surface area contributed by atoms with Crippen LogP contribution in [0.25, 0.3) is 10.9 Å². The Labute approximate surface area is 111 Å². The van der Waals surface area contributed by atoms with Crippen molar-refractivity contribution in [2.24, 2.45) is 5.73 Å². The highest BCUT2D eigenvalue weighted by Crippen LogP contribution is 2.29. The molecule has 1 heterocycles. The van der Waals surface area contributed by atoms with Crippen molar-refractivity contribution in [3.63, 3.8) is 0 Å². The van der Waals surface area contributed by atoms with Gasteiger partial charge in [0.25, 0.3) is 0 Å². The quantitative estimate of drug-likeness (QED) is 0.901. The lowest BCUT2D eigenvalue weighted by atomic mass is 10.0. The summed E-state index contributed by atoms with van der Waals surface area (Å²) in [6.45, 7) is 3.89. The zero-order valence-electron chi connectivity index (χ0n) is 9.80. The Morgan fingerprint density at radius 2 is 2.00 bits per heavy atom. The maximum Gasteiger partial charge on any atom is 0.0753 e. The van der Waals surface area contributed by atoms with E-state index in [4.69, 9.17) is 28.9 Å². The molecule has 2 aromatic rings. The number of nitrogens with zero attached hydrogens (tertiary/aromatic N) is 1. The number of nitrogens with two attached hydrogens (primary N) is 1. The summed E-state index contributed by atoms with van der Waals surface area (Å²) in [5, 5.41) is 2.24. The van der Waals surface area contributed by atoms with Crippen LogP contribution in [0.2, 0.25) is 10.0 Å². The van der Waals surface area contributed by atoms with E-state index in [9.17, 15) is 0 Å². The van der Waals surface area contributed by atoms with Gasteiger partial charge in [0, 0.05) is 22.1 Å². The predicted octanol–water partition coefficient (Wildman–Crippen LogP) is 3.74. The SMILES string of the molecule is Cc1cc(Cl)c2cc(Cl)cc(CC(C)N)c2n1. The van der Waals surface area contributed by atoms with Crippen molar-refractivity contribution >= 4 is 34.1 Å². The summed E-state index contributed by atoms with van der Waals surface area (Å²) in [6, 6.07) is 5.67. The molecule has 1 unspecified atom stereocenters. The summed E-state index contributed by atoms with van der Waals surface area (Å²) in [6.07, 6.45) is 0.740. The summed E-state index contributed by atoms with van der Waals surface area (Å²) in [7, 11) is 0. The molecule has 0 aliphatic heterocycles. The van der Waals surface area contributed by atoms with Crippen LogP contribution >= 0.6 is 23.2 Å². The fraction of sp³-hybridized carbons (Fsp3) is 0.308. The topological polar surface area (TPSA) is 38.9 Å². The third kappa shape index (κ3) is 2.71. The predicted molar refractivity (Wildman–Crippen MR) is 73.9 cm³/mol. The zero-order chi connectivity index (χ0) is 12.6. The molecule has 0 bridgehead atoms. The Kier molecular flexibility index (Phi) is 3.57. The molecule has 0 radical (unpaired) electrons. The minimum Gasteiger partial charge on any atom is -0.328 e. The van der Waals surface area contributed by atoms with E-state index in [2.05, 4.69) is 4.98 Å². The van der Waals surface area contributed by atoms with Crippen LogP contribution in [0.15, 0.2) is 18.2 Å². The van der Waals surface area contributed by atoms with Crippen molar-refractivity contribution in [1.29, 1.82) is 0 Å². The number of rotatable bonds is 2. The highest BCUT2D eigenvalue weighted by Gasteiger charge is 2.10. The molecule has 2 N–H and O–H groups in total. The molecule has 0 aliphatic rings. The van der Waals surface area contributed by atoms with E-state index < -0.39 is 0 Å². The van der Waals surface area contributed by atoms with Crippen molar-refractivity contribution in [2.75, 3.05) is 0 Å². The van der Waals surface area contributed by atoms with Crippen molar-refractivity contribution in [3.8, 4) is 0 Å². The molecule has 2 rings (SSSR count). The average Bonchev–Trinajstić information content (AvgIpc) is 2.19. The van der Waals surface area contributed by atoms with Crippen LogP contribution in [0.5, 0.6) is 0 Å². The van der Waals surface area contributed by atoms with E-state index in [1.54, 1.807) is 0 Å². The Balaban J connectivity index is 2.73. The number of benzene rings is 1. The van der Waals surface area contributed by atoms with Crippen molar-refractivity contribution in [3.05, 3.63) is 39.5 Å². The molecule has 90 valence electrons. The van der Waals surface area contributed by atoms with Crippen LogP contribution in [0.4, 0.5) is 0 Å². The van der Waals surface area contributed by atoms with E-state index in [1.165, 1.54) is 0 Å². The third-order valence-corrected chi connectivity index (χ3v) is 3.11. The van der Waals surface area contributed by atoms with Crippen LogP contribution in [-0.4, -0.2) is 11.0 Å². The first-order chi connectivity index (χ1) is 7.97. The lowest BCUT2D eigenvalue weighted by molar-refractivity contribution is 0.740. The minimum atomic E-state index is 0.0674. The average molecular weight is 269 g/mol. The molecule has 1 aromatic heterocycles. The molecule has 0 saturated carbocycles. The fourth-order valence-corrected chi connectivity index (χ4v) is 2.48. The third-order valence-electron chi connectivity index (χ3n) is 2.58. The number of pyridine rings is 1. The smallest absolute Gasteiger partial charge is 0.0753 e. The fourth-order valence-electron chi connectivity index (χ4n) is 1.94. The Morgan fingerprint density at radius 1 is 1.29 bits per heavy atom. The van der Waals surface area contributed by atoms with Gasteiger partial charge in [-0.2, -0.15) is 0 Å². The van der Waals surface area contributed by atoms with Gasteiger partial charge in [-0.15, -0.1) is 0 Å². The summed E-state index contributed by atoms with van der Waals surface area (Å²) in [5.74, 6) is 0. The number of aromatic nitrogens is 1. The van der Waals surface area contributed by atoms with Crippen LogP contribution in [0, 0.1) is 6.92 Å². The molecule has 0 amide bonds. The van der Waals surface area contributed by atoms with E-state index in [-0.39, 0.29) is 6.04 Å². The molecule has 0 aliphatic carbocycles. The van der Waals surface area contributed by atoms with Gasteiger partial charge in [-0.1, -0.05) is 23.2 Å². The highest BCUT2D eigenvalue weighted by atomic mass is 35.5. The number of hydrogen-bond acceptors (Lipinski definition) is 2. The maximum atomic E-state index is 6.21. The van der Waals surface area contributed by atoms with E-state index >= 15 is 0 Å². The van der Waals surface area contributed by atoms with E-state index in [0.29, 0.717) is 10.0 Å². The molecular weight excluding hydrogens is 255 g/mol. The van der Waals surface area contributed by atoms with E-state index in [1.807, 2.05) is 32.0 Å². The Hall–Kier alpha value is -0.830. The monoisotopic (exact) mass is 268 g/mol. The minimum absolute atomic E-state index is 0.0674. The van der Waals surface area contributed by atoms with Crippen LogP contribution < -0.4 is 5.73 Å². The second-order valence-corrected chi connectivity index (χ2v) is 5.23. The zero-order valence-corrected chi connectivity index (χ0v) is 11.3. The summed E-state index contributed by atoms with van der Waals surface area (Å²) < 4.78 is 0. The van der Waals surface area contributed by atoms with Crippen LogP contribution in [0.3, 0.4) is 0 Å². The van der Waals surface area contributed by atoms with Gasteiger partial charge in [0.1, 0.15) is 0 Å². The van der Waals surface area contributed by atoms with Crippen molar-refractivity contribution < 1.29 is 0 Å². The van der Waals surface area contributed by atoms with Gasteiger partial charge >= 0.3 is 0 Å². The molecule has 4 heteroatoms. The van der Waals surface area contributed by atoms with Gasteiger partial charge in [0.2, 0.25) is 0 Å². The molecule has 0 spiro atoms.